The number of ketones is 1. The van der Waals surface area contributed by atoms with E-state index in [4.69, 9.17) is 0 Å². The number of hydrogen-bond donors (Lipinski definition) is 2. The third kappa shape index (κ3) is 4.17. The van der Waals surface area contributed by atoms with Gasteiger partial charge in [0.1, 0.15) is 0 Å². The fourth-order valence-corrected chi connectivity index (χ4v) is 5.92. The topological polar surface area (TPSA) is 66.4 Å². The molecule has 38 heavy (non-hydrogen) atoms. The number of hydrogen-bond acceptors (Lipinski definition) is 3. The number of aliphatic hydroxyl groups excluding tert-OH is 1. The van der Waals surface area contributed by atoms with Crippen molar-refractivity contribution in [1.82, 2.24) is 0 Å². The fourth-order valence-electron chi connectivity index (χ4n) is 5.92. The van der Waals surface area contributed by atoms with Crippen molar-refractivity contribution < 1.29 is 14.7 Å². The molecule has 1 atom stereocenters. The van der Waals surface area contributed by atoms with E-state index in [9.17, 15) is 14.7 Å². The van der Waals surface area contributed by atoms with Gasteiger partial charge in [0, 0.05) is 28.3 Å². The van der Waals surface area contributed by atoms with Gasteiger partial charge >= 0.3 is 0 Å². The van der Waals surface area contributed by atoms with Crippen LogP contribution in [0, 0.1) is 17.4 Å². The van der Waals surface area contributed by atoms with Crippen LogP contribution < -0.4 is 15.8 Å². The lowest BCUT2D eigenvalue weighted by Gasteiger charge is -2.24. The second-order valence-corrected chi connectivity index (χ2v) is 10.1. The minimum atomic E-state index is -0.167. The first kappa shape index (κ1) is 24.1. The molecule has 0 aromatic heterocycles. The highest BCUT2D eigenvalue weighted by molar-refractivity contribution is 6.24. The Bertz CT molecular complexity index is 1800. The van der Waals surface area contributed by atoms with E-state index in [1.807, 2.05) is 37.3 Å². The number of Topliss-reactive ketones (excluding diaryl/α,β-unsaturated/α-hetero) is 1. The Labute approximate surface area is 221 Å². The zero-order valence-corrected chi connectivity index (χ0v) is 21.3. The highest BCUT2D eigenvalue weighted by Crippen LogP contribution is 2.29. The van der Waals surface area contributed by atoms with Gasteiger partial charge < -0.3 is 10.4 Å². The number of aryl methyl sites for hydroxylation is 1. The molecular weight excluding hydrogens is 470 g/mol. The highest BCUT2D eigenvalue weighted by Gasteiger charge is 2.24. The van der Waals surface area contributed by atoms with Crippen LogP contribution in [0.4, 0.5) is 5.69 Å². The number of amides is 1. The van der Waals surface area contributed by atoms with Gasteiger partial charge in [-0.2, -0.15) is 0 Å². The molecule has 0 fully saturated rings. The number of anilines is 1. The second kappa shape index (κ2) is 9.88. The fraction of sp³-hybridized carbons (Fsp3) is 0.176. The average molecular weight is 500 g/mol. The molecule has 1 amide bonds. The summed E-state index contributed by atoms with van der Waals surface area (Å²) in [6.45, 7) is 1.95. The normalized spacial score (nSPS) is 15.5. The van der Waals surface area contributed by atoms with Gasteiger partial charge in [-0.1, -0.05) is 60.7 Å². The number of carbonyl (C=O) groups is 2. The Kier molecular flexibility index (Phi) is 6.26. The number of nitrogens with one attached hydrogen (secondary N) is 1. The zero-order valence-electron chi connectivity index (χ0n) is 21.3. The maximum absolute atomic E-state index is 13.7. The molecule has 2 aliphatic rings. The van der Waals surface area contributed by atoms with Crippen LogP contribution in [0.3, 0.4) is 0 Å². The summed E-state index contributed by atoms with van der Waals surface area (Å²) in [5.41, 5.74) is 5.96. The monoisotopic (exact) mass is 499 g/mol. The van der Waals surface area contributed by atoms with Crippen LogP contribution in [0.2, 0.25) is 0 Å². The van der Waals surface area contributed by atoms with Crippen molar-refractivity contribution in [3.05, 3.63) is 134 Å². The molecule has 4 aromatic carbocycles. The van der Waals surface area contributed by atoms with E-state index in [2.05, 4.69) is 35.7 Å². The summed E-state index contributed by atoms with van der Waals surface area (Å²) in [5, 5.41) is 17.7. The predicted molar refractivity (Wildman–Crippen MR) is 150 cm³/mol. The van der Waals surface area contributed by atoms with E-state index in [-0.39, 0.29) is 24.2 Å². The molecule has 0 spiro atoms. The van der Waals surface area contributed by atoms with E-state index in [0.717, 1.165) is 51.6 Å². The molecule has 0 heterocycles. The molecule has 4 nitrogen and oxygen atoms in total. The molecule has 4 aromatic rings. The average Bonchev–Trinajstić information content (AvgIpc) is 2.96. The lowest BCUT2D eigenvalue weighted by Crippen LogP contribution is -2.27. The SMILES string of the molecule is Cc1ccccc1C(=O)Nc1ccc(C(=O)C2=c3ccc4c(c3CCC2)C(CO)C=c2ccccc2=4)cc1. The van der Waals surface area contributed by atoms with Gasteiger partial charge in [-0.25, -0.2) is 0 Å². The van der Waals surface area contributed by atoms with Crippen molar-refractivity contribution in [3.63, 3.8) is 0 Å². The van der Waals surface area contributed by atoms with Crippen molar-refractivity contribution in [2.45, 2.75) is 32.1 Å². The number of carbonyl (C=O) groups excluding carboxylic acids is 2. The van der Waals surface area contributed by atoms with Gasteiger partial charge in [-0.15, -0.1) is 0 Å². The number of rotatable bonds is 5. The van der Waals surface area contributed by atoms with Crippen molar-refractivity contribution in [3.8, 4) is 0 Å². The summed E-state index contributed by atoms with van der Waals surface area (Å²) >= 11 is 0. The quantitative estimate of drug-likeness (QED) is 0.389. The Balaban J connectivity index is 1.37. The maximum atomic E-state index is 13.7. The molecule has 0 radical (unpaired) electrons. The van der Waals surface area contributed by atoms with Crippen molar-refractivity contribution >= 4 is 29.0 Å². The third-order valence-electron chi connectivity index (χ3n) is 7.80. The Hall–Kier alpha value is -4.28. The van der Waals surface area contributed by atoms with Crippen molar-refractivity contribution in [2.24, 2.45) is 0 Å². The molecule has 1 unspecified atom stereocenters. The summed E-state index contributed by atoms with van der Waals surface area (Å²) in [7, 11) is 0. The Morgan fingerprint density at radius 2 is 1.58 bits per heavy atom. The van der Waals surface area contributed by atoms with E-state index in [1.54, 1.807) is 30.3 Å². The summed E-state index contributed by atoms with van der Waals surface area (Å²) in [5.74, 6) is -0.233. The third-order valence-corrected chi connectivity index (χ3v) is 7.80. The molecule has 6 rings (SSSR count). The van der Waals surface area contributed by atoms with Gasteiger partial charge in [0.2, 0.25) is 0 Å². The van der Waals surface area contributed by atoms with E-state index in [0.29, 0.717) is 16.8 Å². The molecule has 188 valence electrons. The summed E-state index contributed by atoms with van der Waals surface area (Å²) < 4.78 is 0. The summed E-state index contributed by atoms with van der Waals surface area (Å²) in [6.07, 6.45) is 4.67. The Morgan fingerprint density at radius 3 is 2.37 bits per heavy atom. The van der Waals surface area contributed by atoms with E-state index >= 15 is 0 Å². The van der Waals surface area contributed by atoms with Crippen molar-refractivity contribution in [2.75, 3.05) is 11.9 Å². The number of aliphatic hydroxyl groups is 1. The molecule has 2 N–H and O–H groups in total. The van der Waals surface area contributed by atoms with Crippen LogP contribution in [0.15, 0.2) is 84.9 Å². The van der Waals surface area contributed by atoms with Gasteiger partial charge in [0.25, 0.3) is 5.91 Å². The smallest absolute Gasteiger partial charge is 0.255 e. The lowest BCUT2D eigenvalue weighted by molar-refractivity contribution is 0.102. The molecule has 0 saturated heterocycles. The van der Waals surface area contributed by atoms with Crippen molar-refractivity contribution in [1.29, 1.82) is 0 Å². The molecule has 0 aliphatic heterocycles. The number of benzene rings is 4. The van der Waals surface area contributed by atoms with E-state index in [1.165, 1.54) is 10.8 Å². The minimum absolute atomic E-state index is 0.0171. The van der Waals surface area contributed by atoms with Gasteiger partial charge in [-0.05, 0) is 94.1 Å². The largest absolute Gasteiger partial charge is 0.395 e. The van der Waals surface area contributed by atoms with Crippen LogP contribution in [-0.2, 0) is 6.42 Å². The second-order valence-electron chi connectivity index (χ2n) is 10.1. The van der Waals surface area contributed by atoms with Gasteiger partial charge in [0.05, 0.1) is 6.61 Å². The van der Waals surface area contributed by atoms with Crippen LogP contribution in [-0.4, -0.2) is 23.4 Å². The maximum Gasteiger partial charge on any atom is 0.255 e. The standard InChI is InChI=1S/C34H29NO3/c1-21-7-2-4-9-26(21)34(38)35-25-15-13-22(14-16-25)33(37)31-12-6-11-29-28(31)17-18-30-27-10-5-3-8-23(27)19-24(20-36)32(29)30/h2-5,7-10,13-19,24,36H,6,11-12,20H2,1H3,(H,35,38). The van der Waals surface area contributed by atoms with Crippen LogP contribution in [0.5, 0.6) is 0 Å². The van der Waals surface area contributed by atoms with Crippen LogP contribution >= 0.6 is 0 Å². The molecule has 0 saturated carbocycles. The van der Waals surface area contributed by atoms with Gasteiger partial charge in [-0.3, -0.25) is 9.59 Å². The number of fused-ring (bicyclic) bond motifs is 4. The highest BCUT2D eigenvalue weighted by atomic mass is 16.3. The molecule has 0 bridgehead atoms. The predicted octanol–water partition coefficient (Wildman–Crippen LogP) is 4.77. The lowest BCUT2D eigenvalue weighted by atomic mass is 9.80. The van der Waals surface area contributed by atoms with Crippen LogP contribution in [0.1, 0.15) is 56.2 Å². The first-order valence-electron chi connectivity index (χ1n) is 13.1. The molecule has 4 heteroatoms. The van der Waals surface area contributed by atoms with E-state index < -0.39 is 0 Å². The summed E-state index contributed by atoms with van der Waals surface area (Å²) in [6, 6.07) is 27.1. The molecular formula is C34H29NO3. The first-order chi connectivity index (χ1) is 18.5. The van der Waals surface area contributed by atoms with Gasteiger partial charge in [0.15, 0.2) is 5.78 Å². The first-order valence-corrected chi connectivity index (χ1v) is 13.1. The van der Waals surface area contributed by atoms with Crippen LogP contribution in [0.25, 0.3) is 11.6 Å². The minimum Gasteiger partial charge on any atom is -0.395 e. The zero-order chi connectivity index (χ0) is 26.2. The summed E-state index contributed by atoms with van der Waals surface area (Å²) in [4.78, 5) is 26.4. The Morgan fingerprint density at radius 1 is 0.842 bits per heavy atom. The molecule has 2 aliphatic carbocycles.